The summed E-state index contributed by atoms with van der Waals surface area (Å²) in [4.78, 5) is 13.0. The molecule has 0 atom stereocenters. The molecule has 0 saturated heterocycles. The molecule has 0 spiro atoms. The second kappa shape index (κ2) is 7.90. The summed E-state index contributed by atoms with van der Waals surface area (Å²) in [6, 6.07) is 26.4. The third-order valence-electron chi connectivity index (χ3n) is 4.38. The third kappa shape index (κ3) is 3.82. The Kier molecular flexibility index (Phi) is 4.99. The molecule has 0 N–H and O–H groups in total. The van der Waals surface area contributed by atoms with Crippen LogP contribution in [-0.4, -0.2) is 15.0 Å². The predicted octanol–water partition coefficient (Wildman–Crippen LogP) is 5.27. The van der Waals surface area contributed by atoms with Gasteiger partial charge in [0.15, 0.2) is 11.6 Å². The van der Waals surface area contributed by atoms with Gasteiger partial charge in [0.2, 0.25) is 5.28 Å². The molecule has 0 saturated carbocycles. The smallest absolute Gasteiger partial charge is 0.208 e. The first-order valence-corrected chi connectivity index (χ1v) is 9.08. The van der Waals surface area contributed by atoms with Crippen molar-refractivity contribution in [3.05, 3.63) is 89.2 Å². The molecule has 0 fully saturated rings. The zero-order chi connectivity index (χ0) is 20.2. The van der Waals surface area contributed by atoms with Crippen LogP contribution < -0.4 is 0 Å². The first-order valence-electron chi connectivity index (χ1n) is 8.70. The summed E-state index contributed by atoms with van der Waals surface area (Å²) >= 11 is 6.12. The Bertz CT molecular complexity index is 1270. The fourth-order valence-electron chi connectivity index (χ4n) is 2.92. The van der Waals surface area contributed by atoms with Crippen molar-refractivity contribution >= 4 is 11.6 Å². The molecule has 0 aliphatic carbocycles. The van der Waals surface area contributed by atoms with Gasteiger partial charge in [0, 0.05) is 11.1 Å². The quantitative estimate of drug-likeness (QED) is 0.473. The van der Waals surface area contributed by atoms with Gasteiger partial charge in [-0.25, -0.2) is 4.98 Å². The van der Waals surface area contributed by atoms with E-state index in [1.165, 1.54) is 0 Å². The molecule has 0 amide bonds. The molecule has 1 heterocycles. The summed E-state index contributed by atoms with van der Waals surface area (Å²) in [7, 11) is 0. The zero-order valence-corrected chi connectivity index (χ0v) is 15.8. The number of hydrogen-bond acceptors (Lipinski definition) is 5. The number of rotatable bonds is 3. The number of halogens is 1. The fourth-order valence-corrected chi connectivity index (χ4v) is 3.08. The van der Waals surface area contributed by atoms with Gasteiger partial charge in [0.05, 0.1) is 11.1 Å². The highest BCUT2D eigenvalue weighted by molar-refractivity contribution is 6.28. The van der Waals surface area contributed by atoms with Crippen LogP contribution >= 0.6 is 11.6 Å². The van der Waals surface area contributed by atoms with Crippen LogP contribution in [-0.2, 0) is 0 Å². The van der Waals surface area contributed by atoms with Gasteiger partial charge in [0.25, 0.3) is 0 Å². The Morgan fingerprint density at radius 2 is 1.14 bits per heavy atom. The van der Waals surface area contributed by atoms with Crippen LogP contribution in [0.2, 0.25) is 5.28 Å². The zero-order valence-electron chi connectivity index (χ0n) is 15.0. The van der Waals surface area contributed by atoms with E-state index < -0.39 is 0 Å². The minimum absolute atomic E-state index is 0.128. The molecule has 0 aliphatic heterocycles. The third-order valence-corrected chi connectivity index (χ3v) is 4.55. The second-order valence-corrected chi connectivity index (χ2v) is 6.52. The van der Waals surface area contributed by atoms with E-state index in [2.05, 4.69) is 21.0 Å². The van der Waals surface area contributed by atoms with Crippen LogP contribution in [0.4, 0.5) is 0 Å². The molecule has 136 valence electrons. The van der Waals surface area contributed by atoms with Crippen molar-refractivity contribution in [2.75, 3.05) is 0 Å². The lowest BCUT2D eigenvalue weighted by molar-refractivity contribution is 1.07. The number of benzene rings is 3. The summed E-state index contributed by atoms with van der Waals surface area (Å²) < 4.78 is 0. The molecule has 1 aromatic heterocycles. The van der Waals surface area contributed by atoms with Crippen LogP contribution in [0.15, 0.2) is 72.8 Å². The van der Waals surface area contributed by atoms with E-state index in [1.807, 2.05) is 66.7 Å². The molecule has 0 unspecified atom stereocenters. The minimum Gasteiger partial charge on any atom is -0.208 e. The van der Waals surface area contributed by atoms with Gasteiger partial charge >= 0.3 is 0 Å². The molecule has 4 aromatic rings. The fraction of sp³-hybridized carbons (Fsp3) is 0. The summed E-state index contributed by atoms with van der Waals surface area (Å²) in [6.45, 7) is 0. The van der Waals surface area contributed by atoms with Crippen molar-refractivity contribution in [1.29, 1.82) is 10.5 Å². The maximum Gasteiger partial charge on any atom is 0.226 e. The molecule has 4 rings (SSSR count). The molecule has 5 nitrogen and oxygen atoms in total. The van der Waals surface area contributed by atoms with Gasteiger partial charge in [-0.1, -0.05) is 60.7 Å². The van der Waals surface area contributed by atoms with Gasteiger partial charge in [-0.15, -0.1) is 0 Å². The van der Waals surface area contributed by atoms with Crippen LogP contribution in [0.5, 0.6) is 0 Å². The van der Waals surface area contributed by atoms with Crippen molar-refractivity contribution in [3.8, 4) is 46.0 Å². The van der Waals surface area contributed by atoms with E-state index in [0.717, 1.165) is 22.3 Å². The van der Waals surface area contributed by atoms with E-state index >= 15 is 0 Å². The van der Waals surface area contributed by atoms with Crippen molar-refractivity contribution < 1.29 is 0 Å². The normalized spacial score (nSPS) is 10.2. The number of aromatic nitrogens is 3. The molecule has 3 aromatic carbocycles. The van der Waals surface area contributed by atoms with Crippen molar-refractivity contribution in [2.45, 2.75) is 0 Å². The van der Waals surface area contributed by atoms with E-state index in [0.29, 0.717) is 22.8 Å². The lowest BCUT2D eigenvalue weighted by Gasteiger charge is -2.07. The first-order chi connectivity index (χ1) is 14.2. The van der Waals surface area contributed by atoms with Gasteiger partial charge in [-0.05, 0) is 34.9 Å². The molecule has 0 bridgehead atoms. The molecule has 29 heavy (non-hydrogen) atoms. The molecule has 0 radical (unpaired) electrons. The van der Waals surface area contributed by atoms with Crippen molar-refractivity contribution in [3.63, 3.8) is 0 Å². The summed E-state index contributed by atoms with van der Waals surface area (Å²) in [5.41, 5.74) is 4.14. The number of nitrogens with zero attached hydrogens (tertiary/aromatic N) is 5. The van der Waals surface area contributed by atoms with Crippen LogP contribution in [0.25, 0.3) is 33.9 Å². The molecule has 6 heteroatoms. The Morgan fingerprint density at radius 1 is 0.586 bits per heavy atom. The molecule has 0 aliphatic rings. The monoisotopic (exact) mass is 393 g/mol. The second-order valence-electron chi connectivity index (χ2n) is 6.18. The average Bonchev–Trinajstić information content (AvgIpc) is 2.79. The van der Waals surface area contributed by atoms with Crippen LogP contribution in [0, 0.1) is 22.7 Å². The Morgan fingerprint density at radius 3 is 1.76 bits per heavy atom. The first kappa shape index (κ1) is 18.3. The highest BCUT2D eigenvalue weighted by Gasteiger charge is 2.10. The number of nitriles is 2. The predicted molar refractivity (Wildman–Crippen MR) is 111 cm³/mol. The molecular weight excluding hydrogens is 382 g/mol. The number of hydrogen-bond donors (Lipinski definition) is 0. The summed E-state index contributed by atoms with van der Waals surface area (Å²) in [5, 5.41) is 18.4. The minimum atomic E-state index is 0.128. The summed E-state index contributed by atoms with van der Waals surface area (Å²) in [6.07, 6.45) is 0. The van der Waals surface area contributed by atoms with Crippen molar-refractivity contribution in [1.82, 2.24) is 15.0 Å². The topological polar surface area (TPSA) is 86.2 Å². The molecular formula is C23H12ClN5. The van der Waals surface area contributed by atoms with E-state index in [4.69, 9.17) is 16.9 Å². The van der Waals surface area contributed by atoms with Gasteiger partial charge < -0.3 is 0 Å². The SMILES string of the molecule is N#Cc1ccc(-c2ccc(-c3nc(Cl)nc(-c4ccccc4)n3)cc2)cc1C#N. The van der Waals surface area contributed by atoms with E-state index in [-0.39, 0.29) is 5.28 Å². The highest BCUT2D eigenvalue weighted by atomic mass is 35.5. The van der Waals surface area contributed by atoms with Crippen LogP contribution in [0.3, 0.4) is 0 Å². The van der Waals surface area contributed by atoms with Gasteiger partial charge in [-0.3, -0.25) is 0 Å². The Labute approximate surface area is 172 Å². The summed E-state index contributed by atoms with van der Waals surface area (Å²) in [5.74, 6) is 0.989. The largest absolute Gasteiger partial charge is 0.226 e. The van der Waals surface area contributed by atoms with E-state index in [1.54, 1.807) is 12.1 Å². The van der Waals surface area contributed by atoms with Gasteiger partial charge in [0.1, 0.15) is 12.1 Å². The van der Waals surface area contributed by atoms with Gasteiger partial charge in [-0.2, -0.15) is 20.5 Å². The standard InChI is InChI=1S/C23H12ClN5/c24-23-28-21(16-4-2-1-3-5-16)27-22(29-23)17-8-6-15(7-9-17)18-10-11-19(13-25)20(12-18)14-26/h1-12H. The highest BCUT2D eigenvalue weighted by Crippen LogP contribution is 2.26. The average molecular weight is 394 g/mol. The Balaban J connectivity index is 1.70. The Hall–Kier alpha value is -4.06. The lowest BCUT2D eigenvalue weighted by atomic mass is 9.99. The maximum atomic E-state index is 9.22. The van der Waals surface area contributed by atoms with Crippen molar-refractivity contribution in [2.24, 2.45) is 0 Å². The maximum absolute atomic E-state index is 9.22. The van der Waals surface area contributed by atoms with E-state index in [9.17, 15) is 5.26 Å². The lowest BCUT2D eigenvalue weighted by Crippen LogP contribution is -1.97. The van der Waals surface area contributed by atoms with Crippen LogP contribution in [0.1, 0.15) is 11.1 Å².